The van der Waals surface area contributed by atoms with Crippen molar-refractivity contribution in [3.8, 4) is 0 Å². The Bertz CT molecular complexity index is 410. The van der Waals surface area contributed by atoms with Crippen LogP contribution in [0.15, 0.2) is 0 Å². The molecule has 6 heteroatoms. The highest BCUT2D eigenvalue weighted by molar-refractivity contribution is 5.84. The molecule has 0 saturated carbocycles. The molecule has 0 bridgehead atoms. The minimum atomic E-state index is -1.06. The third-order valence-corrected chi connectivity index (χ3v) is 3.85. The van der Waals surface area contributed by atoms with Crippen LogP contribution >= 0.6 is 0 Å². The molecule has 0 radical (unpaired) electrons. The van der Waals surface area contributed by atoms with Gasteiger partial charge < -0.3 is 15.3 Å². The van der Waals surface area contributed by atoms with E-state index in [1.807, 2.05) is 18.7 Å². The van der Waals surface area contributed by atoms with E-state index in [-0.39, 0.29) is 30.2 Å². The maximum absolute atomic E-state index is 11.9. The lowest BCUT2D eigenvalue weighted by molar-refractivity contribution is -0.149. The van der Waals surface area contributed by atoms with Gasteiger partial charge in [0.2, 0.25) is 11.8 Å². The van der Waals surface area contributed by atoms with Crippen LogP contribution < -0.4 is 5.32 Å². The summed E-state index contributed by atoms with van der Waals surface area (Å²) in [5.41, 5.74) is -1.06. The topological polar surface area (TPSA) is 86.7 Å². The van der Waals surface area contributed by atoms with Crippen LogP contribution in [0.25, 0.3) is 0 Å². The van der Waals surface area contributed by atoms with E-state index in [1.54, 1.807) is 13.8 Å². The molecule has 0 unspecified atom stereocenters. The van der Waals surface area contributed by atoms with Crippen LogP contribution in [0.5, 0.6) is 0 Å². The number of carbonyl (C=O) groups excluding carboxylic acids is 2. The maximum Gasteiger partial charge on any atom is 0.309 e. The molecule has 120 valence electrons. The van der Waals surface area contributed by atoms with Crippen molar-refractivity contribution in [1.29, 1.82) is 0 Å². The lowest BCUT2D eigenvalue weighted by atomic mass is 9.89. The first-order chi connectivity index (χ1) is 9.63. The van der Waals surface area contributed by atoms with Crippen LogP contribution in [0.1, 0.15) is 47.0 Å². The van der Waals surface area contributed by atoms with Gasteiger partial charge in [-0.25, -0.2) is 0 Å². The Hall–Kier alpha value is -1.59. The summed E-state index contributed by atoms with van der Waals surface area (Å²) in [6.07, 6.45) is 1.41. The third kappa shape index (κ3) is 5.02. The number of nitrogens with zero attached hydrogens (tertiary/aromatic N) is 1. The average Bonchev–Trinajstić information content (AvgIpc) is 2.37. The van der Waals surface area contributed by atoms with Crippen molar-refractivity contribution in [2.24, 2.45) is 11.3 Å². The molecule has 0 aromatic carbocycles. The molecule has 1 aliphatic rings. The molecule has 6 nitrogen and oxygen atoms in total. The number of amides is 2. The van der Waals surface area contributed by atoms with Gasteiger partial charge in [-0.1, -0.05) is 13.8 Å². The maximum atomic E-state index is 11.9. The normalized spacial score (nSPS) is 16.9. The van der Waals surface area contributed by atoms with E-state index in [0.717, 1.165) is 12.8 Å². The number of likely N-dealkylation sites (tertiary alicyclic amines) is 1. The van der Waals surface area contributed by atoms with E-state index in [1.165, 1.54) is 0 Å². The highest BCUT2D eigenvalue weighted by atomic mass is 16.4. The van der Waals surface area contributed by atoms with E-state index >= 15 is 0 Å². The third-order valence-electron chi connectivity index (χ3n) is 3.85. The fraction of sp³-hybridized carbons (Fsp3) is 0.800. The first-order valence-corrected chi connectivity index (χ1v) is 7.45. The van der Waals surface area contributed by atoms with Crippen molar-refractivity contribution < 1.29 is 19.5 Å². The molecule has 1 aliphatic heterocycles. The Kier molecular flexibility index (Phi) is 5.75. The number of rotatable bonds is 5. The SMILES string of the molecule is CC(C)C(=O)N1CCC(NC(=O)CC(C)(C)C(=O)O)CC1. The first-order valence-electron chi connectivity index (χ1n) is 7.45. The van der Waals surface area contributed by atoms with Crippen LogP contribution in [0.4, 0.5) is 0 Å². The molecule has 21 heavy (non-hydrogen) atoms. The summed E-state index contributed by atoms with van der Waals surface area (Å²) in [5, 5.41) is 11.9. The van der Waals surface area contributed by atoms with E-state index in [4.69, 9.17) is 5.11 Å². The lowest BCUT2D eigenvalue weighted by Crippen LogP contribution is -2.48. The van der Waals surface area contributed by atoms with Crippen LogP contribution in [0, 0.1) is 11.3 Å². The summed E-state index contributed by atoms with van der Waals surface area (Å²) >= 11 is 0. The molecular weight excluding hydrogens is 272 g/mol. The molecule has 0 spiro atoms. The monoisotopic (exact) mass is 298 g/mol. The summed E-state index contributed by atoms with van der Waals surface area (Å²) in [6, 6.07) is 0.0262. The minimum Gasteiger partial charge on any atom is -0.481 e. The quantitative estimate of drug-likeness (QED) is 0.799. The number of hydrogen-bond acceptors (Lipinski definition) is 3. The highest BCUT2D eigenvalue weighted by Gasteiger charge is 2.31. The summed E-state index contributed by atoms with van der Waals surface area (Å²) in [4.78, 5) is 36.6. The molecular formula is C15H26N2O4. The highest BCUT2D eigenvalue weighted by Crippen LogP contribution is 2.21. The lowest BCUT2D eigenvalue weighted by Gasteiger charge is -2.33. The van der Waals surface area contributed by atoms with Crippen LogP contribution in [0.3, 0.4) is 0 Å². The Morgan fingerprint density at radius 2 is 1.76 bits per heavy atom. The summed E-state index contributed by atoms with van der Waals surface area (Å²) in [7, 11) is 0. The molecule has 1 fully saturated rings. The smallest absolute Gasteiger partial charge is 0.309 e. The van der Waals surface area contributed by atoms with Gasteiger partial charge in [0.05, 0.1) is 5.41 Å². The second kappa shape index (κ2) is 6.91. The Morgan fingerprint density at radius 1 is 1.24 bits per heavy atom. The van der Waals surface area contributed by atoms with Crippen LogP contribution in [-0.4, -0.2) is 46.9 Å². The van der Waals surface area contributed by atoms with Gasteiger partial charge in [0, 0.05) is 31.5 Å². The molecule has 0 atom stereocenters. The molecule has 0 aromatic heterocycles. The predicted octanol–water partition coefficient (Wildman–Crippen LogP) is 1.25. The zero-order chi connectivity index (χ0) is 16.2. The van der Waals surface area contributed by atoms with Gasteiger partial charge in [-0.2, -0.15) is 0 Å². The molecule has 2 N–H and O–H groups in total. The van der Waals surface area contributed by atoms with Crippen molar-refractivity contribution >= 4 is 17.8 Å². The average molecular weight is 298 g/mol. The van der Waals surface area contributed by atoms with Gasteiger partial charge in [-0.05, 0) is 26.7 Å². The number of carboxylic acid groups (broad SMARTS) is 1. The van der Waals surface area contributed by atoms with Crippen molar-refractivity contribution in [2.75, 3.05) is 13.1 Å². The molecule has 1 rings (SSSR count). The zero-order valence-electron chi connectivity index (χ0n) is 13.3. The fourth-order valence-electron chi connectivity index (χ4n) is 2.37. The second-order valence-corrected chi connectivity index (χ2v) is 6.69. The van der Waals surface area contributed by atoms with E-state index < -0.39 is 11.4 Å². The number of nitrogens with one attached hydrogen (secondary N) is 1. The Morgan fingerprint density at radius 3 is 2.19 bits per heavy atom. The molecule has 2 amide bonds. The Balaban J connectivity index is 2.41. The van der Waals surface area contributed by atoms with E-state index in [0.29, 0.717) is 13.1 Å². The number of aliphatic carboxylic acids is 1. The number of piperidine rings is 1. The van der Waals surface area contributed by atoms with Gasteiger partial charge in [-0.15, -0.1) is 0 Å². The van der Waals surface area contributed by atoms with Crippen molar-refractivity contribution in [1.82, 2.24) is 10.2 Å². The summed E-state index contributed by atoms with van der Waals surface area (Å²) in [5.74, 6) is -1.08. The van der Waals surface area contributed by atoms with Crippen LogP contribution in [0.2, 0.25) is 0 Å². The Labute approximate surface area is 125 Å². The molecule has 1 saturated heterocycles. The summed E-state index contributed by atoms with van der Waals surface area (Å²) in [6.45, 7) is 8.13. The number of carboxylic acids is 1. The first kappa shape index (κ1) is 17.5. The standard InChI is InChI=1S/C15H26N2O4/c1-10(2)13(19)17-7-5-11(6-8-17)16-12(18)9-15(3,4)14(20)21/h10-11H,5-9H2,1-4H3,(H,16,18)(H,20,21). The van der Waals surface area contributed by atoms with Gasteiger partial charge in [0.15, 0.2) is 0 Å². The second-order valence-electron chi connectivity index (χ2n) is 6.69. The van der Waals surface area contributed by atoms with Gasteiger partial charge in [0.1, 0.15) is 0 Å². The summed E-state index contributed by atoms with van der Waals surface area (Å²) < 4.78 is 0. The number of carbonyl (C=O) groups is 3. The molecule has 0 aliphatic carbocycles. The largest absolute Gasteiger partial charge is 0.481 e. The van der Waals surface area contributed by atoms with Gasteiger partial charge in [-0.3, -0.25) is 14.4 Å². The zero-order valence-corrected chi connectivity index (χ0v) is 13.3. The fourth-order valence-corrected chi connectivity index (χ4v) is 2.37. The molecule has 1 heterocycles. The van der Waals surface area contributed by atoms with E-state index in [9.17, 15) is 14.4 Å². The van der Waals surface area contributed by atoms with Gasteiger partial charge in [0.25, 0.3) is 0 Å². The van der Waals surface area contributed by atoms with Gasteiger partial charge >= 0.3 is 5.97 Å². The predicted molar refractivity (Wildman–Crippen MR) is 78.6 cm³/mol. The van der Waals surface area contributed by atoms with E-state index in [2.05, 4.69) is 5.32 Å². The van der Waals surface area contributed by atoms with Crippen LogP contribution in [-0.2, 0) is 14.4 Å². The van der Waals surface area contributed by atoms with Crippen molar-refractivity contribution in [2.45, 2.75) is 53.0 Å². The number of hydrogen-bond donors (Lipinski definition) is 2. The van der Waals surface area contributed by atoms with Crippen molar-refractivity contribution in [3.05, 3.63) is 0 Å². The minimum absolute atomic E-state index is 0.00694. The van der Waals surface area contributed by atoms with Crippen molar-refractivity contribution in [3.63, 3.8) is 0 Å². The molecule has 0 aromatic rings.